The maximum atomic E-state index is 8.52. The minimum Gasteiger partial charge on any atom is -0.759 e. The van der Waals surface area contributed by atoms with E-state index in [-0.39, 0.29) is 37.7 Å². The Morgan fingerprint density at radius 1 is 1.12 bits per heavy atom. The normalized spacial score (nSPS) is 8.88. The third-order valence-electron chi connectivity index (χ3n) is 1.02. The van der Waals surface area contributed by atoms with E-state index in [0.717, 1.165) is 5.75 Å². The molecule has 0 heterocycles. The average Bonchev–Trinajstić information content (AvgIpc) is 2.14. The van der Waals surface area contributed by atoms with E-state index in [1.807, 2.05) is 37.3 Å². The molecule has 0 aliphatic heterocycles. The van der Waals surface area contributed by atoms with Crippen molar-refractivity contribution in [3.05, 3.63) is 30.3 Å². The first kappa shape index (κ1) is 22.2. The average molecular weight is 248 g/mol. The van der Waals surface area contributed by atoms with E-state index in [4.69, 9.17) is 27.3 Å². The van der Waals surface area contributed by atoms with Gasteiger partial charge < -0.3 is 14.0 Å². The molecule has 0 radical (unpaired) electrons. The minimum absolute atomic E-state index is 0. The molecule has 0 bridgehead atoms. The molecule has 86 valence electrons. The van der Waals surface area contributed by atoms with E-state index in [1.165, 1.54) is 0 Å². The number of para-hydroxylation sites is 1. The standard InChI is InChI=1S/C8H10O2.2Li.H2O4S/c1-2-9-10-8-6-4-3-5-7-8;;;1-5(2,3)4/h3-7H,2H2,1H3;;;(H2,1,2,3,4)/q;2*+1;/p-2. The van der Waals surface area contributed by atoms with Crippen molar-refractivity contribution in [3.63, 3.8) is 0 Å². The molecule has 1 rings (SSSR count). The molecule has 0 aliphatic carbocycles. The Balaban J connectivity index is -0.000000247. The van der Waals surface area contributed by atoms with Crippen LogP contribution in [-0.2, 0) is 15.3 Å². The molecule has 1 aromatic rings. The quantitative estimate of drug-likeness (QED) is 0.174. The first-order valence-corrected chi connectivity index (χ1v) is 5.28. The molecular weight excluding hydrogens is 238 g/mol. The molecule has 9 heteroatoms. The summed E-state index contributed by atoms with van der Waals surface area (Å²) in [7, 11) is -5.17. The van der Waals surface area contributed by atoms with Crippen molar-refractivity contribution < 1.29 is 65.0 Å². The second-order valence-electron chi connectivity index (χ2n) is 2.21. The van der Waals surface area contributed by atoms with Crippen LogP contribution < -0.4 is 42.6 Å². The van der Waals surface area contributed by atoms with Gasteiger partial charge in [0.25, 0.3) is 0 Å². The first-order valence-electron chi connectivity index (χ1n) is 3.94. The summed E-state index contributed by atoms with van der Waals surface area (Å²) < 4.78 is 34.1. The molecule has 0 amide bonds. The maximum Gasteiger partial charge on any atom is 1.00 e. The summed E-state index contributed by atoms with van der Waals surface area (Å²) >= 11 is 0. The largest absolute Gasteiger partial charge is 1.00 e. The monoisotopic (exact) mass is 248 g/mol. The van der Waals surface area contributed by atoms with E-state index >= 15 is 0 Å². The molecule has 17 heavy (non-hydrogen) atoms. The van der Waals surface area contributed by atoms with Gasteiger partial charge in [-0.05, 0) is 19.1 Å². The Morgan fingerprint density at radius 3 is 1.88 bits per heavy atom. The third-order valence-corrected chi connectivity index (χ3v) is 1.02. The van der Waals surface area contributed by atoms with Gasteiger partial charge >= 0.3 is 37.7 Å². The molecule has 0 saturated heterocycles. The summed E-state index contributed by atoms with van der Waals surface area (Å²) in [6.45, 7) is 2.44. The van der Waals surface area contributed by atoms with Gasteiger partial charge in [0.1, 0.15) is 0 Å². The van der Waals surface area contributed by atoms with Crippen LogP contribution in [0.3, 0.4) is 0 Å². The molecule has 0 aromatic heterocycles. The zero-order chi connectivity index (χ0) is 11.7. The zero-order valence-electron chi connectivity index (χ0n) is 9.95. The van der Waals surface area contributed by atoms with E-state index in [9.17, 15) is 0 Å². The van der Waals surface area contributed by atoms with Gasteiger partial charge in [0.2, 0.25) is 0 Å². The second-order valence-corrected chi connectivity index (χ2v) is 3.03. The Kier molecular flexibility index (Phi) is 16.4. The summed E-state index contributed by atoms with van der Waals surface area (Å²) in [5.74, 6) is 0.740. The zero-order valence-corrected chi connectivity index (χ0v) is 10.8. The Hall–Kier alpha value is 0.0448. The molecule has 6 nitrogen and oxygen atoms in total. The van der Waals surface area contributed by atoms with Crippen molar-refractivity contribution in [1.29, 1.82) is 0 Å². The predicted molar refractivity (Wildman–Crippen MR) is 49.2 cm³/mol. The van der Waals surface area contributed by atoms with Crippen molar-refractivity contribution in [3.8, 4) is 5.75 Å². The van der Waals surface area contributed by atoms with E-state index < -0.39 is 10.4 Å². The smallest absolute Gasteiger partial charge is 0.759 e. The van der Waals surface area contributed by atoms with Crippen LogP contribution >= 0.6 is 0 Å². The molecule has 1 aromatic carbocycles. The van der Waals surface area contributed by atoms with Crippen LogP contribution in [-0.4, -0.2) is 24.1 Å². The van der Waals surface area contributed by atoms with Crippen LogP contribution in [0.15, 0.2) is 30.3 Å². The Bertz CT molecular complexity index is 348. The van der Waals surface area contributed by atoms with Crippen molar-refractivity contribution >= 4 is 10.4 Å². The van der Waals surface area contributed by atoms with Crippen molar-refractivity contribution in [1.82, 2.24) is 0 Å². The third kappa shape index (κ3) is 21.8. The number of benzene rings is 1. The van der Waals surface area contributed by atoms with Gasteiger partial charge in [0, 0.05) is 10.4 Å². The topological polar surface area (TPSA) is 98.7 Å². The van der Waals surface area contributed by atoms with Gasteiger partial charge in [-0.15, -0.1) is 0 Å². The summed E-state index contributed by atoms with van der Waals surface area (Å²) in [6.07, 6.45) is 0. The van der Waals surface area contributed by atoms with Gasteiger partial charge in [-0.1, -0.05) is 18.2 Å². The van der Waals surface area contributed by atoms with Gasteiger partial charge in [-0.25, -0.2) is 0 Å². The second kappa shape index (κ2) is 12.5. The molecule has 0 unspecified atom stereocenters. The molecule has 0 fully saturated rings. The van der Waals surface area contributed by atoms with Crippen molar-refractivity contribution in [2.75, 3.05) is 6.61 Å². The van der Waals surface area contributed by atoms with Crippen LogP contribution in [0.2, 0.25) is 0 Å². The minimum atomic E-state index is -5.17. The fraction of sp³-hybridized carbons (Fsp3) is 0.250. The number of hydrogen-bond donors (Lipinski definition) is 0. The van der Waals surface area contributed by atoms with Gasteiger partial charge in [0.05, 0.1) is 6.61 Å². The van der Waals surface area contributed by atoms with Crippen molar-refractivity contribution in [2.24, 2.45) is 0 Å². The fourth-order valence-electron chi connectivity index (χ4n) is 0.603. The number of rotatable bonds is 3. The first-order chi connectivity index (χ1) is 6.93. The predicted octanol–water partition coefficient (Wildman–Crippen LogP) is -5.31. The van der Waals surface area contributed by atoms with E-state index in [2.05, 4.69) is 0 Å². The molecule has 0 spiro atoms. The van der Waals surface area contributed by atoms with E-state index in [0.29, 0.717) is 6.61 Å². The Labute approximate surface area is 125 Å². The van der Waals surface area contributed by atoms with Crippen LogP contribution in [0.4, 0.5) is 0 Å². The molecule has 0 atom stereocenters. The summed E-state index contributed by atoms with van der Waals surface area (Å²) in [5.41, 5.74) is 0. The van der Waals surface area contributed by atoms with Crippen molar-refractivity contribution in [2.45, 2.75) is 6.92 Å². The molecule has 0 aliphatic rings. The van der Waals surface area contributed by atoms with Crippen LogP contribution in [0.1, 0.15) is 6.92 Å². The van der Waals surface area contributed by atoms with Crippen LogP contribution in [0, 0.1) is 0 Å². The van der Waals surface area contributed by atoms with Gasteiger partial charge in [0.15, 0.2) is 5.75 Å². The van der Waals surface area contributed by atoms with Crippen LogP contribution in [0.25, 0.3) is 0 Å². The van der Waals surface area contributed by atoms with Crippen LogP contribution in [0.5, 0.6) is 5.75 Å². The summed E-state index contributed by atoms with van der Waals surface area (Å²) in [5, 5.41) is 0. The van der Waals surface area contributed by atoms with E-state index in [1.54, 1.807) is 0 Å². The SMILES string of the molecule is CCOOc1ccccc1.O=S(=O)([O-])[O-].[Li+].[Li+]. The molecule has 0 saturated carbocycles. The molecule has 0 N–H and O–H groups in total. The molecular formula is C8H10Li2O6S. The summed E-state index contributed by atoms with van der Waals surface area (Å²) in [4.78, 5) is 9.57. The maximum absolute atomic E-state index is 8.52. The van der Waals surface area contributed by atoms with Gasteiger partial charge in [-0.3, -0.25) is 8.42 Å². The summed E-state index contributed by atoms with van der Waals surface area (Å²) in [6, 6.07) is 9.41. The fourth-order valence-corrected chi connectivity index (χ4v) is 0.603. The van der Waals surface area contributed by atoms with Gasteiger partial charge in [-0.2, -0.15) is 4.89 Å². The Morgan fingerprint density at radius 2 is 1.53 bits per heavy atom. The number of hydrogen-bond acceptors (Lipinski definition) is 6.